The number of fused-ring (bicyclic) bond motifs is 1. The molecule has 0 saturated heterocycles. The first-order valence-corrected chi connectivity index (χ1v) is 4.95. The highest BCUT2D eigenvalue weighted by Crippen LogP contribution is 2.28. The molecule has 2 atom stereocenters. The summed E-state index contributed by atoms with van der Waals surface area (Å²) in [6.45, 7) is 1.77. The standard InChI is InChI=1S/C11H11F2NO2/c1-5-2-7-8(10(14-5)11(15)16)3-6(12)4-9(7)13/h3-5,10,14H,2H2,1H3,(H,15,16). The molecule has 0 spiro atoms. The van der Waals surface area contributed by atoms with E-state index in [0.29, 0.717) is 12.0 Å². The highest BCUT2D eigenvalue weighted by atomic mass is 19.1. The Morgan fingerprint density at radius 2 is 2.19 bits per heavy atom. The number of halogens is 2. The van der Waals surface area contributed by atoms with Gasteiger partial charge in [-0.1, -0.05) is 0 Å². The van der Waals surface area contributed by atoms with Gasteiger partial charge in [0.15, 0.2) is 0 Å². The van der Waals surface area contributed by atoms with Crippen LogP contribution in [0.25, 0.3) is 0 Å². The van der Waals surface area contributed by atoms with Crippen LogP contribution in [0.4, 0.5) is 8.78 Å². The summed E-state index contributed by atoms with van der Waals surface area (Å²) in [5.74, 6) is -2.55. The predicted molar refractivity (Wildman–Crippen MR) is 53.0 cm³/mol. The van der Waals surface area contributed by atoms with Gasteiger partial charge in [-0.2, -0.15) is 0 Å². The van der Waals surface area contributed by atoms with E-state index in [9.17, 15) is 13.6 Å². The molecule has 1 aromatic rings. The van der Waals surface area contributed by atoms with Crippen molar-refractivity contribution in [2.75, 3.05) is 0 Å². The topological polar surface area (TPSA) is 49.3 Å². The number of carbonyl (C=O) groups is 1. The lowest BCUT2D eigenvalue weighted by molar-refractivity contribution is -0.140. The molecule has 2 rings (SSSR count). The molecule has 2 unspecified atom stereocenters. The second kappa shape index (κ2) is 3.83. The highest BCUT2D eigenvalue weighted by molar-refractivity contribution is 5.76. The molecule has 1 aliphatic rings. The normalized spacial score (nSPS) is 23.9. The number of carboxylic acids is 1. The van der Waals surface area contributed by atoms with Crippen LogP contribution in [0.1, 0.15) is 24.1 Å². The van der Waals surface area contributed by atoms with Crippen LogP contribution in [0.15, 0.2) is 12.1 Å². The van der Waals surface area contributed by atoms with Gasteiger partial charge in [0.05, 0.1) is 0 Å². The Balaban J connectivity index is 2.56. The maximum Gasteiger partial charge on any atom is 0.325 e. The number of rotatable bonds is 1. The van der Waals surface area contributed by atoms with Crippen molar-refractivity contribution in [3.8, 4) is 0 Å². The molecule has 0 fully saturated rings. The Morgan fingerprint density at radius 3 is 2.81 bits per heavy atom. The van der Waals surface area contributed by atoms with Gasteiger partial charge in [0, 0.05) is 12.1 Å². The van der Waals surface area contributed by atoms with Crippen molar-refractivity contribution in [1.82, 2.24) is 5.32 Å². The zero-order valence-corrected chi connectivity index (χ0v) is 8.63. The Kier molecular flexibility index (Phi) is 2.63. The van der Waals surface area contributed by atoms with E-state index in [0.717, 1.165) is 12.1 Å². The van der Waals surface area contributed by atoms with E-state index in [-0.39, 0.29) is 11.6 Å². The maximum absolute atomic E-state index is 13.5. The zero-order chi connectivity index (χ0) is 11.9. The minimum absolute atomic E-state index is 0.145. The van der Waals surface area contributed by atoms with Crippen LogP contribution >= 0.6 is 0 Å². The van der Waals surface area contributed by atoms with E-state index in [1.165, 1.54) is 0 Å². The predicted octanol–water partition coefficient (Wildman–Crippen LogP) is 1.62. The third kappa shape index (κ3) is 1.78. The minimum atomic E-state index is -1.13. The first kappa shape index (κ1) is 11.0. The molecule has 3 nitrogen and oxygen atoms in total. The monoisotopic (exact) mass is 227 g/mol. The molecule has 1 aliphatic heterocycles. The van der Waals surface area contributed by atoms with E-state index < -0.39 is 23.6 Å². The van der Waals surface area contributed by atoms with Crippen LogP contribution in [0, 0.1) is 11.6 Å². The smallest absolute Gasteiger partial charge is 0.325 e. The van der Waals surface area contributed by atoms with E-state index in [1.54, 1.807) is 6.92 Å². The van der Waals surface area contributed by atoms with Gasteiger partial charge in [-0.3, -0.25) is 10.1 Å². The van der Waals surface area contributed by atoms with Gasteiger partial charge >= 0.3 is 5.97 Å². The van der Waals surface area contributed by atoms with Crippen molar-refractivity contribution in [2.24, 2.45) is 0 Å². The van der Waals surface area contributed by atoms with E-state index >= 15 is 0 Å². The van der Waals surface area contributed by atoms with Gasteiger partial charge in [-0.25, -0.2) is 8.78 Å². The van der Waals surface area contributed by atoms with Gasteiger partial charge in [0.1, 0.15) is 17.7 Å². The van der Waals surface area contributed by atoms with Crippen molar-refractivity contribution in [2.45, 2.75) is 25.4 Å². The first-order chi connectivity index (χ1) is 7.49. The van der Waals surface area contributed by atoms with Gasteiger partial charge in [0.25, 0.3) is 0 Å². The molecule has 0 saturated carbocycles. The number of aliphatic carboxylic acids is 1. The number of hydrogen-bond donors (Lipinski definition) is 2. The molecule has 86 valence electrons. The summed E-state index contributed by atoms with van der Waals surface area (Å²) in [5.41, 5.74) is 0.475. The number of carboxylic acid groups (broad SMARTS) is 1. The highest BCUT2D eigenvalue weighted by Gasteiger charge is 2.31. The summed E-state index contributed by atoms with van der Waals surface area (Å²) in [6, 6.07) is 0.684. The Hall–Kier alpha value is -1.49. The molecule has 1 aromatic carbocycles. The summed E-state index contributed by atoms with van der Waals surface area (Å²) in [6.07, 6.45) is 0.366. The minimum Gasteiger partial charge on any atom is -0.480 e. The van der Waals surface area contributed by atoms with Gasteiger partial charge in [-0.05, 0) is 30.5 Å². The molecule has 1 heterocycles. The zero-order valence-electron chi connectivity index (χ0n) is 8.63. The van der Waals surface area contributed by atoms with E-state index in [4.69, 9.17) is 5.11 Å². The molecular formula is C11H11F2NO2. The third-order valence-electron chi connectivity index (χ3n) is 2.71. The lowest BCUT2D eigenvalue weighted by Gasteiger charge is -2.29. The van der Waals surface area contributed by atoms with Gasteiger partial charge in [0.2, 0.25) is 0 Å². The van der Waals surface area contributed by atoms with Crippen LogP contribution in [0.3, 0.4) is 0 Å². The largest absolute Gasteiger partial charge is 0.480 e. The summed E-state index contributed by atoms with van der Waals surface area (Å²) < 4.78 is 26.5. The number of nitrogens with one attached hydrogen (secondary N) is 1. The molecule has 16 heavy (non-hydrogen) atoms. The molecule has 0 aliphatic carbocycles. The fourth-order valence-electron chi connectivity index (χ4n) is 2.04. The van der Waals surface area contributed by atoms with E-state index in [2.05, 4.69) is 5.32 Å². The summed E-state index contributed by atoms with van der Waals surface area (Å²) in [5, 5.41) is 11.8. The average molecular weight is 227 g/mol. The molecule has 0 amide bonds. The molecule has 0 radical (unpaired) electrons. The fraction of sp³-hybridized carbons (Fsp3) is 0.364. The maximum atomic E-state index is 13.5. The lowest BCUT2D eigenvalue weighted by atomic mass is 9.90. The second-order valence-electron chi connectivity index (χ2n) is 4.00. The Morgan fingerprint density at radius 1 is 1.50 bits per heavy atom. The van der Waals surface area contributed by atoms with Crippen molar-refractivity contribution < 1.29 is 18.7 Å². The molecular weight excluding hydrogens is 216 g/mol. The van der Waals surface area contributed by atoms with Gasteiger partial charge < -0.3 is 5.11 Å². The van der Waals surface area contributed by atoms with Crippen molar-refractivity contribution in [3.63, 3.8) is 0 Å². The number of benzene rings is 1. The van der Waals surface area contributed by atoms with Crippen LogP contribution in [-0.4, -0.2) is 17.1 Å². The Labute approximate surface area is 91.1 Å². The summed E-state index contributed by atoms with van der Waals surface area (Å²) in [7, 11) is 0. The molecule has 0 bridgehead atoms. The SMILES string of the molecule is CC1Cc2c(F)cc(F)cc2C(C(=O)O)N1. The Bertz CT molecular complexity index is 448. The second-order valence-corrected chi connectivity index (χ2v) is 4.00. The third-order valence-corrected chi connectivity index (χ3v) is 2.71. The van der Waals surface area contributed by atoms with Crippen LogP contribution < -0.4 is 5.32 Å². The van der Waals surface area contributed by atoms with Crippen LogP contribution in [0.5, 0.6) is 0 Å². The van der Waals surface area contributed by atoms with Crippen molar-refractivity contribution >= 4 is 5.97 Å². The fourth-order valence-corrected chi connectivity index (χ4v) is 2.04. The lowest BCUT2D eigenvalue weighted by Crippen LogP contribution is -2.41. The molecule has 0 aromatic heterocycles. The molecule has 5 heteroatoms. The van der Waals surface area contributed by atoms with E-state index in [1.807, 2.05) is 0 Å². The number of hydrogen-bond acceptors (Lipinski definition) is 2. The average Bonchev–Trinajstić information content (AvgIpc) is 2.18. The van der Waals surface area contributed by atoms with Crippen molar-refractivity contribution in [3.05, 3.63) is 34.9 Å². The van der Waals surface area contributed by atoms with Crippen LogP contribution in [0.2, 0.25) is 0 Å². The summed E-state index contributed by atoms with van der Waals surface area (Å²) >= 11 is 0. The quantitative estimate of drug-likeness (QED) is 0.766. The van der Waals surface area contributed by atoms with Gasteiger partial charge in [-0.15, -0.1) is 0 Å². The summed E-state index contributed by atoms with van der Waals surface area (Å²) in [4.78, 5) is 11.0. The molecule has 2 N–H and O–H groups in total. The van der Waals surface area contributed by atoms with Crippen LogP contribution in [-0.2, 0) is 11.2 Å². The van der Waals surface area contributed by atoms with Crippen molar-refractivity contribution in [1.29, 1.82) is 0 Å². The first-order valence-electron chi connectivity index (χ1n) is 4.95.